The van der Waals surface area contributed by atoms with Crippen LogP contribution in [0.4, 0.5) is 0 Å². The molecule has 0 aromatic carbocycles. The predicted molar refractivity (Wildman–Crippen MR) is 58.0 cm³/mol. The van der Waals surface area contributed by atoms with Crippen molar-refractivity contribution in [3.63, 3.8) is 0 Å². The third kappa shape index (κ3) is 3.66. The number of carbonyl (C=O) groups excluding carboxylic acids is 1. The van der Waals surface area contributed by atoms with E-state index in [1.54, 1.807) is 0 Å². The summed E-state index contributed by atoms with van der Waals surface area (Å²) >= 11 is 0. The molecule has 0 bridgehead atoms. The van der Waals surface area contributed by atoms with Crippen LogP contribution >= 0.6 is 0 Å². The Morgan fingerprint density at radius 1 is 1.50 bits per heavy atom. The van der Waals surface area contributed by atoms with E-state index in [2.05, 4.69) is 31.4 Å². The molecular weight excluding hydrogens is 176 g/mol. The van der Waals surface area contributed by atoms with Crippen LogP contribution in [0.25, 0.3) is 0 Å². The normalized spacial score (nSPS) is 23.9. The third-order valence-electron chi connectivity index (χ3n) is 2.79. The summed E-state index contributed by atoms with van der Waals surface area (Å²) in [4.78, 5) is 11.5. The first-order valence-corrected chi connectivity index (χ1v) is 5.59. The molecule has 2 atom stereocenters. The van der Waals surface area contributed by atoms with Gasteiger partial charge in [-0.05, 0) is 38.3 Å². The molecule has 0 saturated carbocycles. The smallest absolute Gasteiger partial charge is 0.220 e. The summed E-state index contributed by atoms with van der Waals surface area (Å²) in [6.07, 6.45) is 1.83. The van der Waals surface area contributed by atoms with Gasteiger partial charge in [0.25, 0.3) is 0 Å². The molecule has 0 spiro atoms. The number of carbonyl (C=O) groups is 1. The lowest BCUT2D eigenvalue weighted by Crippen LogP contribution is -2.39. The maximum Gasteiger partial charge on any atom is 0.220 e. The van der Waals surface area contributed by atoms with Crippen molar-refractivity contribution in [2.45, 2.75) is 39.7 Å². The molecule has 2 N–H and O–H groups in total. The Morgan fingerprint density at radius 2 is 2.21 bits per heavy atom. The molecule has 1 rings (SSSR count). The zero-order chi connectivity index (χ0) is 10.6. The van der Waals surface area contributed by atoms with Gasteiger partial charge in [-0.1, -0.05) is 13.8 Å². The Kier molecular flexibility index (Phi) is 4.39. The van der Waals surface area contributed by atoms with Crippen LogP contribution < -0.4 is 10.6 Å². The second-order valence-electron chi connectivity index (χ2n) is 4.71. The molecule has 0 aromatic heterocycles. The van der Waals surface area contributed by atoms with Gasteiger partial charge in [-0.2, -0.15) is 0 Å². The van der Waals surface area contributed by atoms with Crippen molar-refractivity contribution in [2.24, 2.45) is 11.8 Å². The van der Waals surface area contributed by atoms with Crippen LogP contribution in [-0.2, 0) is 4.79 Å². The van der Waals surface area contributed by atoms with Crippen molar-refractivity contribution in [1.29, 1.82) is 0 Å². The lowest BCUT2D eigenvalue weighted by atomic mass is 10.00. The molecule has 3 nitrogen and oxygen atoms in total. The fraction of sp³-hybridized carbons (Fsp3) is 0.909. The SMILES string of the molecule is CC(C)CC(=O)NC(C)C1CCNC1. The zero-order valence-electron chi connectivity index (χ0n) is 9.47. The van der Waals surface area contributed by atoms with E-state index >= 15 is 0 Å². The quantitative estimate of drug-likeness (QED) is 0.711. The molecular formula is C11H22N2O. The number of hydrogen-bond acceptors (Lipinski definition) is 2. The summed E-state index contributed by atoms with van der Waals surface area (Å²) < 4.78 is 0. The van der Waals surface area contributed by atoms with E-state index in [9.17, 15) is 4.79 Å². The first-order valence-electron chi connectivity index (χ1n) is 5.59. The van der Waals surface area contributed by atoms with Gasteiger partial charge in [-0.3, -0.25) is 4.79 Å². The number of nitrogens with one attached hydrogen (secondary N) is 2. The molecule has 0 aliphatic carbocycles. The second-order valence-corrected chi connectivity index (χ2v) is 4.71. The van der Waals surface area contributed by atoms with Crippen LogP contribution in [0.1, 0.15) is 33.6 Å². The first kappa shape index (κ1) is 11.5. The largest absolute Gasteiger partial charge is 0.353 e. The first-order chi connectivity index (χ1) is 6.59. The van der Waals surface area contributed by atoms with Gasteiger partial charge >= 0.3 is 0 Å². The molecule has 1 heterocycles. The third-order valence-corrected chi connectivity index (χ3v) is 2.79. The van der Waals surface area contributed by atoms with Crippen LogP contribution in [0.15, 0.2) is 0 Å². The summed E-state index contributed by atoms with van der Waals surface area (Å²) in [5.74, 6) is 1.26. The Morgan fingerprint density at radius 3 is 2.71 bits per heavy atom. The lowest BCUT2D eigenvalue weighted by Gasteiger charge is -2.20. The summed E-state index contributed by atoms with van der Waals surface area (Å²) in [7, 11) is 0. The van der Waals surface area contributed by atoms with E-state index in [1.165, 1.54) is 6.42 Å². The van der Waals surface area contributed by atoms with E-state index in [0.29, 0.717) is 24.3 Å². The summed E-state index contributed by atoms with van der Waals surface area (Å²) in [6.45, 7) is 8.39. The lowest BCUT2D eigenvalue weighted by molar-refractivity contribution is -0.122. The van der Waals surface area contributed by atoms with Gasteiger partial charge in [0, 0.05) is 12.5 Å². The summed E-state index contributed by atoms with van der Waals surface area (Å²) in [6, 6.07) is 0.316. The van der Waals surface area contributed by atoms with Crippen LogP contribution in [0.2, 0.25) is 0 Å². The minimum absolute atomic E-state index is 0.194. The maximum atomic E-state index is 11.5. The standard InChI is InChI=1S/C11H22N2O/c1-8(2)6-11(14)13-9(3)10-4-5-12-7-10/h8-10,12H,4-7H2,1-3H3,(H,13,14). The Balaban J connectivity index is 2.24. The molecule has 82 valence electrons. The van der Waals surface area contributed by atoms with Crippen molar-refractivity contribution in [3.8, 4) is 0 Å². The average Bonchev–Trinajstić information content (AvgIpc) is 2.53. The summed E-state index contributed by atoms with van der Waals surface area (Å²) in [5.41, 5.74) is 0. The van der Waals surface area contributed by atoms with Crippen LogP contribution in [0, 0.1) is 11.8 Å². The molecule has 14 heavy (non-hydrogen) atoms. The number of rotatable bonds is 4. The Hall–Kier alpha value is -0.570. The van der Waals surface area contributed by atoms with Crippen molar-refractivity contribution >= 4 is 5.91 Å². The fourth-order valence-corrected chi connectivity index (χ4v) is 1.91. The predicted octanol–water partition coefficient (Wildman–Crippen LogP) is 1.15. The monoisotopic (exact) mass is 198 g/mol. The highest BCUT2D eigenvalue weighted by Crippen LogP contribution is 2.12. The van der Waals surface area contributed by atoms with Crippen molar-refractivity contribution < 1.29 is 4.79 Å². The molecule has 3 heteroatoms. The van der Waals surface area contributed by atoms with E-state index in [4.69, 9.17) is 0 Å². The molecule has 2 unspecified atom stereocenters. The van der Waals surface area contributed by atoms with Gasteiger partial charge in [0.2, 0.25) is 5.91 Å². The zero-order valence-corrected chi connectivity index (χ0v) is 9.47. The van der Waals surface area contributed by atoms with E-state index < -0.39 is 0 Å². The van der Waals surface area contributed by atoms with Crippen LogP contribution in [-0.4, -0.2) is 25.0 Å². The molecule has 1 amide bonds. The molecule has 0 aromatic rings. The maximum absolute atomic E-state index is 11.5. The highest BCUT2D eigenvalue weighted by atomic mass is 16.1. The van der Waals surface area contributed by atoms with Gasteiger partial charge in [-0.25, -0.2) is 0 Å². The van der Waals surface area contributed by atoms with E-state index in [1.807, 2.05) is 0 Å². The van der Waals surface area contributed by atoms with Gasteiger partial charge in [0.15, 0.2) is 0 Å². The van der Waals surface area contributed by atoms with Crippen molar-refractivity contribution in [2.75, 3.05) is 13.1 Å². The Bertz CT molecular complexity index is 186. The topological polar surface area (TPSA) is 41.1 Å². The van der Waals surface area contributed by atoms with Gasteiger partial charge < -0.3 is 10.6 Å². The van der Waals surface area contributed by atoms with Crippen LogP contribution in [0.5, 0.6) is 0 Å². The molecule has 0 radical (unpaired) electrons. The molecule has 1 aliphatic rings. The number of hydrogen-bond donors (Lipinski definition) is 2. The second kappa shape index (κ2) is 5.35. The molecule has 1 saturated heterocycles. The molecule has 1 fully saturated rings. The average molecular weight is 198 g/mol. The molecule has 1 aliphatic heterocycles. The van der Waals surface area contributed by atoms with Gasteiger partial charge in [0.05, 0.1) is 0 Å². The highest BCUT2D eigenvalue weighted by molar-refractivity contribution is 5.76. The fourth-order valence-electron chi connectivity index (χ4n) is 1.91. The minimum atomic E-state index is 0.194. The van der Waals surface area contributed by atoms with Gasteiger partial charge in [-0.15, -0.1) is 0 Å². The van der Waals surface area contributed by atoms with E-state index in [-0.39, 0.29) is 5.91 Å². The van der Waals surface area contributed by atoms with E-state index in [0.717, 1.165) is 13.1 Å². The van der Waals surface area contributed by atoms with Crippen LogP contribution in [0.3, 0.4) is 0 Å². The highest BCUT2D eigenvalue weighted by Gasteiger charge is 2.22. The van der Waals surface area contributed by atoms with Crippen molar-refractivity contribution in [1.82, 2.24) is 10.6 Å². The summed E-state index contributed by atoms with van der Waals surface area (Å²) in [5, 5.41) is 6.39. The minimum Gasteiger partial charge on any atom is -0.353 e. The van der Waals surface area contributed by atoms with Crippen molar-refractivity contribution in [3.05, 3.63) is 0 Å². The Labute approximate surface area is 86.6 Å². The van der Waals surface area contributed by atoms with Gasteiger partial charge in [0.1, 0.15) is 0 Å². The number of amides is 1.